The number of phenols is 1. The fourth-order valence-corrected chi connectivity index (χ4v) is 2.14. The number of aliphatic hydroxyl groups is 1. The summed E-state index contributed by atoms with van der Waals surface area (Å²) in [6.07, 6.45) is 0.944. The lowest BCUT2D eigenvalue weighted by molar-refractivity contribution is 0.0546. The van der Waals surface area contributed by atoms with Crippen LogP contribution in [0.1, 0.15) is 23.2 Å². The number of amides is 1. The molecule has 1 aliphatic heterocycles. The van der Waals surface area contributed by atoms with Gasteiger partial charge in [-0.15, -0.1) is 0 Å². The van der Waals surface area contributed by atoms with Crippen LogP contribution in [-0.4, -0.2) is 40.2 Å². The molecule has 0 radical (unpaired) electrons. The summed E-state index contributed by atoms with van der Waals surface area (Å²) >= 11 is 3.17. The van der Waals surface area contributed by atoms with Crippen LogP contribution < -0.4 is 0 Å². The Morgan fingerprint density at radius 1 is 1.35 bits per heavy atom. The molecule has 1 saturated heterocycles. The number of benzene rings is 1. The Kier molecular flexibility index (Phi) is 3.69. The molecule has 0 aromatic heterocycles. The zero-order valence-electron chi connectivity index (χ0n) is 9.27. The number of piperidine rings is 1. The van der Waals surface area contributed by atoms with E-state index >= 15 is 0 Å². The molecule has 0 unspecified atom stereocenters. The molecule has 92 valence electrons. The van der Waals surface area contributed by atoms with Gasteiger partial charge in [0, 0.05) is 18.7 Å². The fourth-order valence-electron chi connectivity index (χ4n) is 1.90. The third kappa shape index (κ3) is 2.79. The van der Waals surface area contributed by atoms with Gasteiger partial charge < -0.3 is 15.1 Å². The number of likely N-dealkylation sites (tertiary alicyclic amines) is 1. The van der Waals surface area contributed by atoms with Crippen molar-refractivity contribution < 1.29 is 15.0 Å². The SMILES string of the molecule is O=C(c1ccc(Br)c(O)c1)N1CCC(O)CC1. The van der Waals surface area contributed by atoms with E-state index < -0.39 is 0 Å². The molecule has 1 aromatic carbocycles. The smallest absolute Gasteiger partial charge is 0.253 e. The minimum atomic E-state index is -0.294. The van der Waals surface area contributed by atoms with E-state index in [1.165, 1.54) is 6.07 Å². The number of hydrogen-bond acceptors (Lipinski definition) is 3. The molecule has 0 bridgehead atoms. The summed E-state index contributed by atoms with van der Waals surface area (Å²) in [5.41, 5.74) is 0.474. The Morgan fingerprint density at radius 3 is 2.59 bits per heavy atom. The van der Waals surface area contributed by atoms with Gasteiger partial charge in [0.1, 0.15) is 5.75 Å². The van der Waals surface area contributed by atoms with Crippen LogP contribution in [0.4, 0.5) is 0 Å². The number of carbonyl (C=O) groups is 1. The third-order valence-electron chi connectivity index (χ3n) is 2.94. The first-order chi connectivity index (χ1) is 8.08. The number of nitrogens with zero attached hydrogens (tertiary/aromatic N) is 1. The molecule has 1 amide bonds. The van der Waals surface area contributed by atoms with E-state index in [-0.39, 0.29) is 17.8 Å². The minimum Gasteiger partial charge on any atom is -0.507 e. The number of carbonyl (C=O) groups excluding carboxylic acids is 1. The Morgan fingerprint density at radius 2 is 2.00 bits per heavy atom. The van der Waals surface area contributed by atoms with Crippen molar-refractivity contribution in [1.29, 1.82) is 0 Å². The number of phenolic OH excluding ortho intramolecular Hbond substituents is 1. The highest BCUT2D eigenvalue weighted by Crippen LogP contribution is 2.25. The van der Waals surface area contributed by atoms with Gasteiger partial charge in [-0.05, 0) is 47.0 Å². The first-order valence-corrected chi connectivity index (χ1v) is 6.33. The molecule has 0 saturated carbocycles. The number of aromatic hydroxyl groups is 1. The molecule has 0 aliphatic carbocycles. The summed E-state index contributed by atoms with van der Waals surface area (Å²) < 4.78 is 0.572. The van der Waals surface area contributed by atoms with Crippen LogP contribution in [0.5, 0.6) is 5.75 Å². The summed E-state index contributed by atoms with van der Waals surface area (Å²) in [4.78, 5) is 13.8. The Bertz CT molecular complexity index is 428. The number of aliphatic hydroxyl groups excluding tert-OH is 1. The molecule has 0 spiro atoms. The second-order valence-electron chi connectivity index (χ2n) is 4.19. The van der Waals surface area contributed by atoms with Crippen LogP contribution >= 0.6 is 15.9 Å². The highest BCUT2D eigenvalue weighted by molar-refractivity contribution is 9.10. The summed E-state index contributed by atoms with van der Waals surface area (Å²) in [5, 5.41) is 18.9. The average Bonchev–Trinajstić information content (AvgIpc) is 2.33. The predicted molar refractivity (Wildman–Crippen MR) is 67.0 cm³/mol. The zero-order chi connectivity index (χ0) is 12.4. The Balaban J connectivity index is 2.11. The standard InChI is InChI=1S/C12H14BrNO3/c13-10-2-1-8(7-11(10)16)12(17)14-5-3-9(15)4-6-14/h1-2,7,9,15-16H,3-6H2. The van der Waals surface area contributed by atoms with Crippen LogP contribution in [0.15, 0.2) is 22.7 Å². The van der Waals surface area contributed by atoms with Crippen LogP contribution in [0, 0.1) is 0 Å². The van der Waals surface area contributed by atoms with Crippen molar-refractivity contribution in [2.45, 2.75) is 18.9 Å². The van der Waals surface area contributed by atoms with E-state index in [1.54, 1.807) is 17.0 Å². The molecule has 5 heteroatoms. The molecule has 2 N–H and O–H groups in total. The number of hydrogen-bond donors (Lipinski definition) is 2. The maximum atomic E-state index is 12.1. The van der Waals surface area contributed by atoms with Crippen LogP contribution in [0.3, 0.4) is 0 Å². The quantitative estimate of drug-likeness (QED) is 0.830. The molecule has 1 heterocycles. The molecule has 17 heavy (non-hydrogen) atoms. The van der Waals surface area contributed by atoms with Crippen molar-refractivity contribution in [3.05, 3.63) is 28.2 Å². The van der Waals surface area contributed by atoms with Crippen LogP contribution in [-0.2, 0) is 0 Å². The molecule has 0 atom stereocenters. The topological polar surface area (TPSA) is 60.8 Å². The normalized spacial score (nSPS) is 17.2. The molecule has 4 nitrogen and oxygen atoms in total. The lowest BCUT2D eigenvalue weighted by Crippen LogP contribution is -2.40. The van der Waals surface area contributed by atoms with Gasteiger partial charge in [0.05, 0.1) is 10.6 Å². The maximum absolute atomic E-state index is 12.1. The summed E-state index contributed by atoms with van der Waals surface area (Å²) in [6, 6.07) is 4.79. The lowest BCUT2D eigenvalue weighted by Gasteiger charge is -2.29. The number of halogens is 1. The van der Waals surface area contributed by atoms with Gasteiger partial charge in [0.2, 0.25) is 0 Å². The third-order valence-corrected chi connectivity index (χ3v) is 3.62. The second kappa shape index (κ2) is 5.06. The zero-order valence-corrected chi connectivity index (χ0v) is 10.9. The lowest BCUT2D eigenvalue weighted by atomic mass is 10.1. The Labute approximate surface area is 108 Å². The molecule has 1 aliphatic rings. The van der Waals surface area contributed by atoms with Crippen LogP contribution in [0.25, 0.3) is 0 Å². The molecule has 2 rings (SSSR count). The summed E-state index contributed by atoms with van der Waals surface area (Å²) in [7, 11) is 0. The average molecular weight is 300 g/mol. The van der Waals surface area contributed by atoms with Gasteiger partial charge in [0.25, 0.3) is 5.91 Å². The maximum Gasteiger partial charge on any atom is 0.253 e. The van der Waals surface area contributed by atoms with E-state index in [4.69, 9.17) is 0 Å². The van der Waals surface area contributed by atoms with Crippen molar-refractivity contribution in [3.8, 4) is 5.75 Å². The Hall–Kier alpha value is -1.07. The van der Waals surface area contributed by atoms with E-state index in [1.807, 2.05) is 0 Å². The highest BCUT2D eigenvalue weighted by atomic mass is 79.9. The van der Waals surface area contributed by atoms with Gasteiger partial charge >= 0.3 is 0 Å². The highest BCUT2D eigenvalue weighted by Gasteiger charge is 2.22. The number of rotatable bonds is 1. The van der Waals surface area contributed by atoms with Crippen molar-refractivity contribution in [3.63, 3.8) is 0 Å². The summed E-state index contributed by atoms with van der Waals surface area (Å²) in [5.74, 6) is -0.0346. The van der Waals surface area contributed by atoms with Crippen LogP contribution in [0.2, 0.25) is 0 Å². The largest absolute Gasteiger partial charge is 0.507 e. The first-order valence-electron chi connectivity index (χ1n) is 5.54. The van der Waals surface area contributed by atoms with Gasteiger partial charge in [-0.2, -0.15) is 0 Å². The van der Waals surface area contributed by atoms with E-state index in [2.05, 4.69) is 15.9 Å². The predicted octanol–water partition coefficient (Wildman–Crippen LogP) is 1.75. The molecule has 1 fully saturated rings. The van der Waals surface area contributed by atoms with E-state index in [0.29, 0.717) is 36.0 Å². The van der Waals surface area contributed by atoms with Crippen molar-refractivity contribution in [1.82, 2.24) is 4.90 Å². The van der Waals surface area contributed by atoms with Crippen molar-refractivity contribution in [2.75, 3.05) is 13.1 Å². The van der Waals surface area contributed by atoms with Gasteiger partial charge in [-0.3, -0.25) is 4.79 Å². The van der Waals surface area contributed by atoms with Crippen molar-refractivity contribution in [2.24, 2.45) is 0 Å². The molecular weight excluding hydrogens is 286 g/mol. The molecule has 1 aromatic rings. The van der Waals surface area contributed by atoms with Gasteiger partial charge in [-0.1, -0.05) is 0 Å². The van der Waals surface area contributed by atoms with Gasteiger partial charge in [0.15, 0.2) is 0 Å². The minimum absolute atomic E-state index is 0.0629. The molecular formula is C12H14BrNO3. The second-order valence-corrected chi connectivity index (χ2v) is 5.04. The fraction of sp³-hybridized carbons (Fsp3) is 0.417. The van der Waals surface area contributed by atoms with Gasteiger partial charge in [-0.25, -0.2) is 0 Å². The first kappa shape index (κ1) is 12.4. The van der Waals surface area contributed by atoms with Crippen molar-refractivity contribution >= 4 is 21.8 Å². The van der Waals surface area contributed by atoms with E-state index in [9.17, 15) is 15.0 Å². The van der Waals surface area contributed by atoms with E-state index in [0.717, 1.165) is 0 Å². The summed E-state index contributed by atoms with van der Waals surface area (Å²) in [6.45, 7) is 1.13. The monoisotopic (exact) mass is 299 g/mol.